The van der Waals surface area contributed by atoms with E-state index in [1.165, 1.54) is 0 Å². The molecular weight excluding hydrogens is 257 g/mol. The van der Waals surface area contributed by atoms with Crippen molar-refractivity contribution in [2.24, 2.45) is 0 Å². The highest BCUT2D eigenvalue weighted by Gasteiger charge is 2.30. The van der Waals surface area contributed by atoms with Gasteiger partial charge < -0.3 is 20.1 Å². The third-order valence-electron chi connectivity index (χ3n) is 2.31. The number of carbonyl (C=O) groups is 2. The fourth-order valence-corrected chi connectivity index (χ4v) is 1.41. The van der Waals surface area contributed by atoms with Gasteiger partial charge in [0.25, 0.3) is 0 Å². The Morgan fingerprint density at radius 2 is 2.11 bits per heavy atom. The first-order chi connectivity index (χ1) is 8.29. The van der Waals surface area contributed by atoms with E-state index in [1.807, 2.05) is 0 Å². The molecule has 0 spiro atoms. The lowest BCUT2D eigenvalue weighted by Crippen LogP contribution is -2.52. The number of amides is 2. The Kier molecular flexibility index (Phi) is 4.76. The van der Waals surface area contributed by atoms with Crippen LogP contribution in [0.3, 0.4) is 0 Å². The standard InChI is InChI=1S/C9H13F3N2O4/c10-9(11,12)1-2-13-8(17)14-3-4-18-6(5-14)7(15)16/h6H,1-5H2,(H,13,17)(H,15,16). The summed E-state index contributed by atoms with van der Waals surface area (Å²) in [5.74, 6) is -1.21. The molecule has 1 atom stereocenters. The first-order valence-corrected chi connectivity index (χ1v) is 5.23. The van der Waals surface area contributed by atoms with E-state index in [9.17, 15) is 22.8 Å². The second-order valence-electron chi connectivity index (χ2n) is 3.74. The highest BCUT2D eigenvalue weighted by atomic mass is 19.4. The van der Waals surface area contributed by atoms with E-state index >= 15 is 0 Å². The first-order valence-electron chi connectivity index (χ1n) is 5.23. The number of halogens is 3. The molecule has 2 amide bonds. The van der Waals surface area contributed by atoms with Crippen LogP contribution in [-0.2, 0) is 9.53 Å². The monoisotopic (exact) mass is 270 g/mol. The minimum absolute atomic E-state index is 0.0453. The zero-order valence-electron chi connectivity index (χ0n) is 9.37. The lowest BCUT2D eigenvalue weighted by Gasteiger charge is -2.30. The molecule has 1 aliphatic heterocycles. The molecule has 0 aromatic carbocycles. The van der Waals surface area contributed by atoms with Crippen molar-refractivity contribution in [2.45, 2.75) is 18.7 Å². The van der Waals surface area contributed by atoms with E-state index < -0.39 is 37.2 Å². The molecule has 1 saturated heterocycles. The number of carboxylic acids is 1. The number of nitrogens with zero attached hydrogens (tertiary/aromatic N) is 1. The minimum Gasteiger partial charge on any atom is -0.479 e. The van der Waals surface area contributed by atoms with Gasteiger partial charge in [-0.25, -0.2) is 9.59 Å². The van der Waals surface area contributed by atoms with E-state index in [-0.39, 0.29) is 19.7 Å². The van der Waals surface area contributed by atoms with Gasteiger partial charge in [-0.3, -0.25) is 0 Å². The maximum atomic E-state index is 11.9. The third-order valence-corrected chi connectivity index (χ3v) is 2.31. The summed E-state index contributed by atoms with van der Waals surface area (Å²) < 4.78 is 40.4. The topological polar surface area (TPSA) is 78.9 Å². The molecule has 1 heterocycles. The van der Waals surface area contributed by atoms with Crippen LogP contribution < -0.4 is 5.32 Å². The van der Waals surface area contributed by atoms with Crippen molar-refractivity contribution in [3.8, 4) is 0 Å². The lowest BCUT2D eigenvalue weighted by molar-refractivity contribution is -0.154. The van der Waals surface area contributed by atoms with Crippen LogP contribution in [0.5, 0.6) is 0 Å². The van der Waals surface area contributed by atoms with Gasteiger partial charge in [-0.05, 0) is 0 Å². The number of morpholine rings is 1. The summed E-state index contributed by atoms with van der Waals surface area (Å²) in [4.78, 5) is 23.2. The molecule has 0 saturated carbocycles. The Bertz CT molecular complexity index is 321. The molecule has 1 unspecified atom stereocenters. The summed E-state index contributed by atoms with van der Waals surface area (Å²) in [5.41, 5.74) is 0. The zero-order chi connectivity index (χ0) is 13.8. The van der Waals surface area contributed by atoms with Crippen molar-refractivity contribution in [1.82, 2.24) is 10.2 Å². The Hall–Kier alpha value is -1.51. The zero-order valence-corrected chi connectivity index (χ0v) is 9.37. The number of urea groups is 1. The van der Waals surface area contributed by atoms with Gasteiger partial charge in [0.1, 0.15) is 0 Å². The molecule has 18 heavy (non-hydrogen) atoms. The Morgan fingerprint density at radius 3 is 2.67 bits per heavy atom. The molecule has 0 bridgehead atoms. The van der Waals surface area contributed by atoms with Crippen molar-refractivity contribution < 1.29 is 32.6 Å². The SMILES string of the molecule is O=C(O)C1CN(C(=O)NCCC(F)(F)F)CCO1. The molecule has 1 rings (SSSR count). The first kappa shape index (κ1) is 14.6. The van der Waals surface area contributed by atoms with Crippen LogP contribution >= 0.6 is 0 Å². The number of nitrogens with one attached hydrogen (secondary N) is 1. The van der Waals surface area contributed by atoms with Gasteiger partial charge in [-0.1, -0.05) is 0 Å². The number of hydrogen-bond donors (Lipinski definition) is 2. The van der Waals surface area contributed by atoms with E-state index in [2.05, 4.69) is 5.32 Å². The fraction of sp³-hybridized carbons (Fsp3) is 0.778. The van der Waals surface area contributed by atoms with Crippen LogP contribution in [0, 0.1) is 0 Å². The van der Waals surface area contributed by atoms with Gasteiger partial charge in [0.2, 0.25) is 0 Å². The highest BCUT2D eigenvalue weighted by molar-refractivity contribution is 5.77. The van der Waals surface area contributed by atoms with E-state index in [0.717, 1.165) is 4.90 Å². The predicted octanol–water partition coefficient (Wildman–Crippen LogP) is 0.434. The Balaban J connectivity index is 2.35. The summed E-state index contributed by atoms with van der Waals surface area (Å²) in [7, 11) is 0. The van der Waals surface area contributed by atoms with Crippen LogP contribution in [0.1, 0.15) is 6.42 Å². The molecule has 2 N–H and O–H groups in total. The van der Waals surface area contributed by atoms with E-state index in [0.29, 0.717) is 0 Å². The molecule has 0 aromatic heterocycles. The van der Waals surface area contributed by atoms with Crippen molar-refractivity contribution in [2.75, 3.05) is 26.2 Å². The number of alkyl halides is 3. The van der Waals surface area contributed by atoms with Crippen molar-refractivity contribution >= 4 is 12.0 Å². The van der Waals surface area contributed by atoms with Crippen molar-refractivity contribution in [1.29, 1.82) is 0 Å². The second-order valence-corrected chi connectivity index (χ2v) is 3.74. The van der Waals surface area contributed by atoms with Gasteiger partial charge >= 0.3 is 18.2 Å². The summed E-state index contributed by atoms with van der Waals surface area (Å²) in [6.07, 6.45) is -6.58. The molecule has 0 aromatic rings. The smallest absolute Gasteiger partial charge is 0.390 e. The van der Waals surface area contributed by atoms with Crippen LogP contribution in [-0.4, -0.2) is 60.5 Å². The Labute approximate surface area is 101 Å². The van der Waals surface area contributed by atoms with Crippen molar-refractivity contribution in [3.63, 3.8) is 0 Å². The van der Waals surface area contributed by atoms with Crippen LogP contribution in [0.25, 0.3) is 0 Å². The number of ether oxygens (including phenoxy) is 1. The van der Waals surface area contributed by atoms with E-state index in [4.69, 9.17) is 9.84 Å². The number of carboxylic acid groups (broad SMARTS) is 1. The van der Waals surface area contributed by atoms with Gasteiger partial charge in [-0.2, -0.15) is 13.2 Å². The summed E-state index contributed by atoms with van der Waals surface area (Å²) in [6.45, 7) is -0.504. The maximum Gasteiger partial charge on any atom is 0.390 e. The molecule has 104 valence electrons. The predicted molar refractivity (Wildman–Crippen MR) is 53.0 cm³/mol. The number of hydrogen-bond acceptors (Lipinski definition) is 3. The van der Waals surface area contributed by atoms with Gasteiger partial charge in [0.05, 0.1) is 19.6 Å². The molecule has 0 radical (unpaired) electrons. The molecular formula is C9H13F3N2O4. The fourth-order valence-electron chi connectivity index (χ4n) is 1.41. The van der Waals surface area contributed by atoms with Gasteiger partial charge in [0, 0.05) is 13.1 Å². The number of aliphatic carboxylic acids is 1. The minimum atomic E-state index is -4.33. The summed E-state index contributed by atoms with van der Waals surface area (Å²) >= 11 is 0. The Morgan fingerprint density at radius 1 is 1.44 bits per heavy atom. The van der Waals surface area contributed by atoms with Crippen LogP contribution in [0.15, 0.2) is 0 Å². The number of carbonyl (C=O) groups excluding carboxylic acids is 1. The average Bonchev–Trinajstić information content (AvgIpc) is 2.27. The summed E-state index contributed by atoms with van der Waals surface area (Å²) in [6, 6.07) is -0.714. The molecule has 1 aliphatic rings. The second kappa shape index (κ2) is 5.89. The van der Waals surface area contributed by atoms with Crippen LogP contribution in [0.4, 0.5) is 18.0 Å². The van der Waals surface area contributed by atoms with E-state index in [1.54, 1.807) is 0 Å². The number of rotatable bonds is 3. The molecule has 9 heteroatoms. The highest BCUT2D eigenvalue weighted by Crippen LogP contribution is 2.18. The van der Waals surface area contributed by atoms with Crippen LogP contribution in [0.2, 0.25) is 0 Å². The quantitative estimate of drug-likeness (QED) is 0.779. The lowest BCUT2D eigenvalue weighted by atomic mass is 10.3. The molecule has 1 fully saturated rings. The summed E-state index contributed by atoms with van der Waals surface area (Å²) in [5, 5.41) is 10.8. The largest absolute Gasteiger partial charge is 0.479 e. The molecule has 0 aliphatic carbocycles. The molecule has 6 nitrogen and oxygen atoms in total. The maximum absolute atomic E-state index is 11.9. The van der Waals surface area contributed by atoms with Gasteiger partial charge in [-0.15, -0.1) is 0 Å². The third kappa shape index (κ3) is 4.78. The normalized spacial score (nSPS) is 20.6. The van der Waals surface area contributed by atoms with Crippen molar-refractivity contribution in [3.05, 3.63) is 0 Å². The van der Waals surface area contributed by atoms with Gasteiger partial charge in [0.15, 0.2) is 6.10 Å². The average molecular weight is 270 g/mol.